The maximum atomic E-state index is 11.9. The average Bonchev–Trinajstić information content (AvgIpc) is 2.79. The predicted molar refractivity (Wildman–Crippen MR) is 73.3 cm³/mol. The zero-order chi connectivity index (χ0) is 17.2. The lowest BCUT2D eigenvalue weighted by Crippen LogP contribution is -2.23. The van der Waals surface area contributed by atoms with Crippen LogP contribution in [0.2, 0.25) is 0 Å². The van der Waals surface area contributed by atoms with Crippen molar-refractivity contribution in [1.29, 1.82) is 0 Å². The summed E-state index contributed by atoms with van der Waals surface area (Å²) in [7, 11) is 0. The van der Waals surface area contributed by atoms with E-state index in [9.17, 15) is 22.8 Å². The van der Waals surface area contributed by atoms with Gasteiger partial charge in [0.25, 0.3) is 5.91 Å². The Morgan fingerprint density at radius 3 is 2.39 bits per heavy atom. The van der Waals surface area contributed by atoms with E-state index in [-0.39, 0.29) is 11.7 Å². The number of nitrogens with one attached hydrogen (secondary N) is 2. The van der Waals surface area contributed by atoms with E-state index in [0.717, 1.165) is 10.9 Å². The van der Waals surface area contributed by atoms with Crippen molar-refractivity contribution in [3.8, 4) is 0 Å². The highest BCUT2D eigenvalue weighted by Crippen LogP contribution is 2.24. The molecule has 0 spiro atoms. The number of halogens is 3. The largest absolute Gasteiger partial charge is 0.490 e. The molecule has 3 rings (SSSR count). The number of para-hydroxylation sites is 1. The number of fused-ring (bicyclic) bond motifs is 3. The fourth-order valence-electron chi connectivity index (χ4n) is 2.10. The normalized spacial score (nSPS) is 14.4. The fraction of sp³-hybridized carbons (Fsp3) is 0.214. The molecule has 0 bridgehead atoms. The van der Waals surface area contributed by atoms with Gasteiger partial charge in [0.05, 0.1) is 5.56 Å². The summed E-state index contributed by atoms with van der Waals surface area (Å²) in [5.41, 5.74) is 1.76. The van der Waals surface area contributed by atoms with Crippen molar-refractivity contribution in [2.75, 3.05) is 6.54 Å². The van der Waals surface area contributed by atoms with Crippen LogP contribution < -0.4 is 5.32 Å². The van der Waals surface area contributed by atoms with Crippen LogP contribution in [0.5, 0.6) is 0 Å². The van der Waals surface area contributed by atoms with Crippen molar-refractivity contribution in [3.63, 3.8) is 0 Å². The van der Waals surface area contributed by atoms with Crippen LogP contribution in [0.3, 0.4) is 0 Å². The number of aliphatic carboxylic acids is 1. The number of benzene rings is 1. The van der Waals surface area contributed by atoms with Gasteiger partial charge in [0.2, 0.25) is 0 Å². The van der Waals surface area contributed by atoms with Gasteiger partial charge in [0.15, 0.2) is 5.78 Å². The highest BCUT2D eigenvalue weighted by Gasteiger charge is 2.38. The molecule has 23 heavy (non-hydrogen) atoms. The highest BCUT2D eigenvalue weighted by atomic mass is 19.4. The SMILES string of the molecule is O=C(O)C(F)(F)F.O=C1NCCC(=O)c2c1[nH]c1ccccc21. The molecule has 0 saturated heterocycles. The standard InChI is InChI=1S/C12H10N2O2.C2HF3O2/c15-9-5-6-13-12(16)11-10(9)7-3-1-2-4-8(7)14-11;3-2(4,5)1(6)7/h1-4,14H,5-6H2,(H,13,16);(H,6,7). The summed E-state index contributed by atoms with van der Waals surface area (Å²) >= 11 is 0. The summed E-state index contributed by atoms with van der Waals surface area (Å²) in [4.78, 5) is 35.5. The maximum Gasteiger partial charge on any atom is 0.490 e. The Balaban J connectivity index is 0.000000236. The molecule has 1 aromatic carbocycles. The Hall–Kier alpha value is -2.84. The lowest BCUT2D eigenvalue weighted by molar-refractivity contribution is -0.192. The number of Topliss-reactive ketones (excluding diaryl/α,β-unsaturated/α-hetero) is 1. The Bertz CT molecular complexity index is 780. The molecule has 122 valence electrons. The number of carboxylic acid groups (broad SMARTS) is 1. The zero-order valence-electron chi connectivity index (χ0n) is 11.5. The number of aromatic nitrogens is 1. The fourth-order valence-corrected chi connectivity index (χ4v) is 2.10. The molecule has 1 amide bonds. The summed E-state index contributed by atoms with van der Waals surface area (Å²) in [6.45, 7) is 0.411. The van der Waals surface area contributed by atoms with Crippen LogP contribution in [0.4, 0.5) is 13.2 Å². The lowest BCUT2D eigenvalue weighted by atomic mass is 10.1. The van der Waals surface area contributed by atoms with Crippen LogP contribution in [0.25, 0.3) is 10.9 Å². The molecule has 2 aromatic rings. The quantitative estimate of drug-likeness (QED) is 0.690. The number of alkyl halides is 3. The minimum absolute atomic E-state index is 0.0193. The van der Waals surface area contributed by atoms with Crippen molar-refractivity contribution in [2.45, 2.75) is 12.6 Å². The van der Waals surface area contributed by atoms with Crippen molar-refractivity contribution >= 4 is 28.6 Å². The number of H-pyrrole nitrogens is 1. The van der Waals surface area contributed by atoms with Gasteiger partial charge in [0, 0.05) is 23.9 Å². The monoisotopic (exact) mass is 328 g/mol. The summed E-state index contributed by atoms with van der Waals surface area (Å²) in [6, 6.07) is 7.47. The maximum absolute atomic E-state index is 11.9. The third-order valence-electron chi connectivity index (χ3n) is 3.09. The summed E-state index contributed by atoms with van der Waals surface area (Å²) in [5.74, 6) is -2.93. The number of ketones is 1. The lowest BCUT2D eigenvalue weighted by Gasteiger charge is -1.96. The minimum Gasteiger partial charge on any atom is -0.475 e. The van der Waals surface area contributed by atoms with Crippen molar-refractivity contribution in [1.82, 2.24) is 10.3 Å². The summed E-state index contributed by atoms with van der Waals surface area (Å²) in [6.07, 6.45) is -4.72. The zero-order valence-corrected chi connectivity index (χ0v) is 11.5. The molecule has 3 N–H and O–H groups in total. The number of hydrogen-bond donors (Lipinski definition) is 3. The first-order valence-corrected chi connectivity index (χ1v) is 6.44. The van der Waals surface area contributed by atoms with Gasteiger partial charge in [0.1, 0.15) is 5.69 Å². The summed E-state index contributed by atoms with van der Waals surface area (Å²) in [5, 5.41) is 10.7. The number of carbonyl (C=O) groups excluding carboxylic acids is 2. The molecule has 0 fully saturated rings. The molecule has 0 radical (unpaired) electrons. The van der Waals surface area contributed by atoms with Crippen LogP contribution >= 0.6 is 0 Å². The van der Waals surface area contributed by atoms with E-state index in [4.69, 9.17) is 9.90 Å². The molecule has 1 aliphatic rings. The first-order chi connectivity index (χ1) is 10.7. The Labute approximate surface area is 127 Å². The first kappa shape index (κ1) is 16.5. The molecule has 6 nitrogen and oxygen atoms in total. The second-order valence-electron chi connectivity index (χ2n) is 4.65. The number of aromatic amines is 1. The second-order valence-corrected chi connectivity index (χ2v) is 4.65. The topological polar surface area (TPSA) is 99.3 Å². The third kappa shape index (κ3) is 3.50. The van der Waals surface area contributed by atoms with Crippen LogP contribution in [0, 0.1) is 0 Å². The van der Waals surface area contributed by atoms with E-state index in [1.165, 1.54) is 0 Å². The molecule has 0 saturated carbocycles. The van der Waals surface area contributed by atoms with Crippen LogP contribution in [0.15, 0.2) is 24.3 Å². The third-order valence-corrected chi connectivity index (χ3v) is 3.09. The van der Waals surface area contributed by atoms with E-state index in [0.29, 0.717) is 24.2 Å². The van der Waals surface area contributed by atoms with Crippen LogP contribution in [-0.2, 0) is 4.79 Å². The van der Waals surface area contributed by atoms with E-state index in [1.54, 1.807) is 0 Å². The van der Waals surface area contributed by atoms with Gasteiger partial charge >= 0.3 is 12.1 Å². The number of rotatable bonds is 0. The average molecular weight is 328 g/mol. The highest BCUT2D eigenvalue weighted by molar-refractivity contribution is 6.17. The molecule has 9 heteroatoms. The van der Waals surface area contributed by atoms with E-state index in [2.05, 4.69) is 10.3 Å². The molecule has 1 aliphatic heterocycles. The molecule has 1 aromatic heterocycles. The van der Waals surface area contributed by atoms with E-state index >= 15 is 0 Å². The number of carbonyl (C=O) groups is 3. The predicted octanol–water partition coefficient (Wildman–Crippen LogP) is 2.12. The number of hydrogen-bond acceptors (Lipinski definition) is 3. The molecular formula is C14H11F3N2O4. The second kappa shape index (κ2) is 6.11. The van der Waals surface area contributed by atoms with Gasteiger partial charge in [-0.05, 0) is 6.07 Å². The molecule has 0 aliphatic carbocycles. The number of amides is 1. The Kier molecular flexibility index (Phi) is 4.39. The number of carboxylic acids is 1. The van der Waals surface area contributed by atoms with Crippen LogP contribution in [-0.4, -0.2) is 40.5 Å². The van der Waals surface area contributed by atoms with E-state index in [1.807, 2.05) is 24.3 Å². The smallest absolute Gasteiger partial charge is 0.475 e. The summed E-state index contributed by atoms with van der Waals surface area (Å²) < 4.78 is 31.7. The van der Waals surface area contributed by atoms with Gasteiger partial charge < -0.3 is 15.4 Å². The molecule has 2 heterocycles. The van der Waals surface area contributed by atoms with Gasteiger partial charge in [-0.3, -0.25) is 9.59 Å². The first-order valence-electron chi connectivity index (χ1n) is 6.44. The van der Waals surface area contributed by atoms with Crippen molar-refractivity contribution in [3.05, 3.63) is 35.5 Å². The van der Waals surface area contributed by atoms with Crippen molar-refractivity contribution < 1.29 is 32.7 Å². The molecular weight excluding hydrogens is 317 g/mol. The van der Waals surface area contributed by atoms with Gasteiger partial charge in [-0.25, -0.2) is 4.79 Å². The molecule has 0 unspecified atom stereocenters. The van der Waals surface area contributed by atoms with E-state index < -0.39 is 12.1 Å². The Morgan fingerprint density at radius 1 is 1.17 bits per heavy atom. The van der Waals surface area contributed by atoms with Crippen LogP contribution in [0.1, 0.15) is 27.3 Å². The molecule has 0 atom stereocenters. The Morgan fingerprint density at radius 2 is 1.78 bits per heavy atom. The minimum atomic E-state index is -5.08. The van der Waals surface area contributed by atoms with Crippen molar-refractivity contribution in [2.24, 2.45) is 0 Å². The van der Waals surface area contributed by atoms with Gasteiger partial charge in [-0.1, -0.05) is 18.2 Å². The van der Waals surface area contributed by atoms with Gasteiger partial charge in [-0.2, -0.15) is 13.2 Å². The van der Waals surface area contributed by atoms with Gasteiger partial charge in [-0.15, -0.1) is 0 Å².